The van der Waals surface area contributed by atoms with E-state index in [1.165, 1.54) is 0 Å². The van der Waals surface area contributed by atoms with E-state index >= 15 is 0 Å². The van der Waals surface area contributed by atoms with Crippen molar-refractivity contribution in [3.63, 3.8) is 0 Å². The van der Waals surface area contributed by atoms with Crippen LogP contribution in [0.5, 0.6) is 0 Å². The second-order valence-electron chi connectivity index (χ2n) is 5.61. The van der Waals surface area contributed by atoms with Crippen LogP contribution in [0, 0.1) is 5.41 Å². The standard InChI is InChI=1S/C14H17ClO2/c1-14(2,3)8-11(16)13-7-9-6-10(15)4-5-12(9)17-13/h4-7,11,16H,8H2,1-3H3. The summed E-state index contributed by atoms with van der Waals surface area (Å²) in [5.41, 5.74) is 0.827. The number of aliphatic hydroxyl groups excluding tert-OH is 1. The molecule has 1 aromatic heterocycles. The maximum atomic E-state index is 10.1. The van der Waals surface area contributed by atoms with Gasteiger partial charge in [-0.3, -0.25) is 0 Å². The molecule has 92 valence electrons. The fraction of sp³-hybridized carbons (Fsp3) is 0.429. The molecule has 0 bridgehead atoms. The van der Waals surface area contributed by atoms with Crippen LogP contribution >= 0.6 is 11.6 Å². The summed E-state index contributed by atoms with van der Waals surface area (Å²) < 4.78 is 5.62. The van der Waals surface area contributed by atoms with Crippen molar-refractivity contribution in [1.29, 1.82) is 0 Å². The molecule has 3 heteroatoms. The summed E-state index contributed by atoms with van der Waals surface area (Å²) in [6.07, 6.45) is 0.0989. The zero-order valence-corrected chi connectivity index (χ0v) is 11.1. The van der Waals surface area contributed by atoms with Gasteiger partial charge in [0.15, 0.2) is 0 Å². The smallest absolute Gasteiger partial charge is 0.134 e. The van der Waals surface area contributed by atoms with Crippen molar-refractivity contribution in [1.82, 2.24) is 0 Å². The zero-order valence-electron chi connectivity index (χ0n) is 10.3. The largest absolute Gasteiger partial charge is 0.458 e. The Morgan fingerprint density at radius 2 is 2.00 bits per heavy atom. The molecule has 0 spiro atoms. The SMILES string of the molecule is CC(C)(C)CC(O)c1cc2cc(Cl)ccc2o1. The first-order valence-corrected chi connectivity index (χ1v) is 6.10. The summed E-state index contributed by atoms with van der Waals surface area (Å²) in [6.45, 7) is 6.28. The molecular formula is C14H17ClO2. The third-order valence-corrected chi connectivity index (χ3v) is 2.87. The molecule has 0 aliphatic heterocycles. The minimum absolute atomic E-state index is 0.0655. The van der Waals surface area contributed by atoms with Crippen LogP contribution in [0.2, 0.25) is 5.02 Å². The Bertz CT molecular complexity index is 522. The minimum atomic E-state index is -0.568. The van der Waals surface area contributed by atoms with Crippen molar-refractivity contribution in [2.45, 2.75) is 33.3 Å². The lowest BCUT2D eigenvalue weighted by atomic mass is 9.88. The fourth-order valence-electron chi connectivity index (χ4n) is 1.88. The fourth-order valence-corrected chi connectivity index (χ4v) is 2.06. The summed E-state index contributed by atoms with van der Waals surface area (Å²) in [5, 5.41) is 11.7. The topological polar surface area (TPSA) is 33.4 Å². The van der Waals surface area contributed by atoms with Gasteiger partial charge in [-0.05, 0) is 36.1 Å². The first-order chi connectivity index (χ1) is 7.85. The monoisotopic (exact) mass is 252 g/mol. The van der Waals surface area contributed by atoms with Gasteiger partial charge < -0.3 is 9.52 Å². The van der Waals surface area contributed by atoms with Crippen LogP contribution in [0.1, 0.15) is 39.1 Å². The molecule has 0 fully saturated rings. The van der Waals surface area contributed by atoms with Gasteiger partial charge in [-0.15, -0.1) is 0 Å². The summed E-state index contributed by atoms with van der Waals surface area (Å²) in [4.78, 5) is 0. The molecule has 0 saturated heterocycles. The van der Waals surface area contributed by atoms with E-state index in [0.29, 0.717) is 17.2 Å². The van der Waals surface area contributed by atoms with E-state index in [1.807, 2.05) is 18.2 Å². The lowest BCUT2D eigenvalue weighted by Crippen LogP contribution is -2.10. The molecule has 0 amide bonds. The van der Waals surface area contributed by atoms with Crippen molar-refractivity contribution in [3.8, 4) is 0 Å². The normalized spacial score (nSPS) is 14.2. The van der Waals surface area contributed by atoms with Gasteiger partial charge in [-0.1, -0.05) is 32.4 Å². The summed E-state index contributed by atoms with van der Waals surface area (Å²) >= 11 is 5.91. The van der Waals surface area contributed by atoms with E-state index in [2.05, 4.69) is 20.8 Å². The predicted octanol–water partition coefficient (Wildman–Crippen LogP) is 4.56. The third kappa shape index (κ3) is 3.02. The second-order valence-corrected chi connectivity index (χ2v) is 6.05. The zero-order chi connectivity index (χ0) is 12.6. The average molecular weight is 253 g/mol. The molecule has 2 aromatic rings. The van der Waals surface area contributed by atoms with E-state index in [0.717, 1.165) is 11.0 Å². The third-order valence-electron chi connectivity index (χ3n) is 2.63. The maximum Gasteiger partial charge on any atom is 0.134 e. The quantitative estimate of drug-likeness (QED) is 0.850. The molecule has 2 nitrogen and oxygen atoms in total. The predicted molar refractivity (Wildman–Crippen MR) is 70.3 cm³/mol. The van der Waals surface area contributed by atoms with Gasteiger partial charge >= 0.3 is 0 Å². The molecule has 1 N–H and O–H groups in total. The molecule has 2 rings (SSSR count). The van der Waals surface area contributed by atoms with Crippen molar-refractivity contribution in [3.05, 3.63) is 35.0 Å². The minimum Gasteiger partial charge on any atom is -0.458 e. The lowest BCUT2D eigenvalue weighted by molar-refractivity contribution is 0.102. The Morgan fingerprint density at radius 3 is 2.65 bits per heavy atom. The molecule has 1 aromatic carbocycles. The highest BCUT2D eigenvalue weighted by Gasteiger charge is 2.21. The number of fused-ring (bicyclic) bond motifs is 1. The number of benzene rings is 1. The molecule has 1 unspecified atom stereocenters. The van der Waals surface area contributed by atoms with Gasteiger partial charge in [0.25, 0.3) is 0 Å². The molecule has 0 aliphatic rings. The number of halogens is 1. The first kappa shape index (κ1) is 12.5. The van der Waals surface area contributed by atoms with Crippen molar-refractivity contribution < 1.29 is 9.52 Å². The maximum absolute atomic E-state index is 10.1. The molecular weight excluding hydrogens is 236 g/mol. The van der Waals surface area contributed by atoms with E-state index in [4.69, 9.17) is 16.0 Å². The van der Waals surface area contributed by atoms with Crippen LogP contribution in [-0.2, 0) is 0 Å². The van der Waals surface area contributed by atoms with E-state index < -0.39 is 6.10 Å². The van der Waals surface area contributed by atoms with Gasteiger partial charge in [-0.25, -0.2) is 0 Å². The van der Waals surface area contributed by atoms with Gasteiger partial charge in [0.2, 0.25) is 0 Å². The molecule has 1 atom stereocenters. The van der Waals surface area contributed by atoms with Crippen LogP contribution in [0.4, 0.5) is 0 Å². The highest BCUT2D eigenvalue weighted by Crippen LogP contribution is 2.32. The number of rotatable bonds is 2. The highest BCUT2D eigenvalue weighted by atomic mass is 35.5. The van der Waals surface area contributed by atoms with Crippen LogP contribution < -0.4 is 0 Å². The van der Waals surface area contributed by atoms with Gasteiger partial charge in [0.1, 0.15) is 17.4 Å². The van der Waals surface area contributed by atoms with Crippen LogP contribution in [-0.4, -0.2) is 5.11 Å². The summed E-state index contributed by atoms with van der Waals surface area (Å²) in [5.74, 6) is 0.609. The Labute approximate surface area is 106 Å². The summed E-state index contributed by atoms with van der Waals surface area (Å²) in [6, 6.07) is 7.31. The first-order valence-electron chi connectivity index (χ1n) is 5.72. The second kappa shape index (κ2) is 4.35. The van der Waals surface area contributed by atoms with Gasteiger partial charge in [-0.2, -0.15) is 0 Å². The van der Waals surface area contributed by atoms with E-state index in [1.54, 1.807) is 6.07 Å². The van der Waals surface area contributed by atoms with E-state index in [-0.39, 0.29) is 5.41 Å². The number of furan rings is 1. The Morgan fingerprint density at radius 1 is 1.29 bits per heavy atom. The van der Waals surface area contributed by atoms with Crippen LogP contribution in [0.25, 0.3) is 11.0 Å². The van der Waals surface area contributed by atoms with Gasteiger partial charge in [0.05, 0.1) is 0 Å². The molecule has 0 radical (unpaired) electrons. The van der Waals surface area contributed by atoms with Crippen LogP contribution in [0.3, 0.4) is 0 Å². The number of aliphatic hydroxyl groups is 1. The molecule has 0 saturated carbocycles. The Hall–Kier alpha value is -0.990. The number of hydrogen-bond acceptors (Lipinski definition) is 2. The van der Waals surface area contributed by atoms with Crippen molar-refractivity contribution >= 4 is 22.6 Å². The average Bonchev–Trinajstić information content (AvgIpc) is 2.57. The van der Waals surface area contributed by atoms with Crippen molar-refractivity contribution in [2.24, 2.45) is 5.41 Å². The van der Waals surface area contributed by atoms with Crippen molar-refractivity contribution in [2.75, 3.05) is 0 Å². The highest BCUT2D eigenvalue weighted by molar-refractivity contribution is 6.31. The Balaban J connectivity index is 2.30. The van der Waals surface area contributed by atoms with E-state index in [9.17, 15) is 5.11 Å². The van der Waals surface area contributed by atoms with Gasteiger partial charge in [0, 0.05) is 10.4 Å². The number of hydrogen-bond donors (Lipinski definition) is 1. The Kier molecular flexibility index (Phi) is 3.19. The molecule has 1 heterocycles. The van der Waals surface area contributed by atoms with Crippen LogP contribution in [0.15, 0.2) is 28.7 Å². The molecule has 17 heavy (non-hydrogen) atoms. The summed E-state index contributed by atoms with van der Waals surface area (Å²) in [7, 11) is 0. The molecule has 0 aliphatic carbocycles. The lowest BCUT2D eigenvalue weighted by Gasteiger charge is -2.20.